The predicted octanol–water partition coefficient (Wildman–Crippen LogP) is 2.95. The van der Waals surface area contributed by atoms with Gasteiger partial charge in [-0.25, -0.2) is 0 Å². The molecule has 1 atom stereocenters. The average Bonchev–Trinajstić information content (AvgIpc) is 2.19. The van der Waals surface area contributed by atoms with Crippen molar-refractivity contribution in [1.82, 2.24) is 0 Å². The largest absolute Gasteiger partial charge is 0.489 e. The molecule has 0 saturated heterocycles. The average molecular weight is 218 g/mol. The number of nitrogen functional groups attached to an aromatic ring is 1. The van der Waals surface area contributed by atoms with Crippen molar-refractivity contribution in [2.24, 2.45) is 5.92 Å². The molecule has 3 heteroatoms. The smallest absolute Gasteiger partial charge is 0.142 e. The van der Waals surface area contributed by atoms with Crippen molar-refractivity contribution in [3.05, 3.63) is 23.8 Å². The van der Waals surface area contributed by atoms with E-state index in [-0.39, 0.29) is 6.10 Å². The van der Waals surface area contributed by atoms with Crippen molar-refractivity contribution in [2.45, 2.75) is 33.3 Å². The van der Waals surface area contributed by atoms with Crippen LogP contribution in [0.3, 0.4) is 0 Å². The number of nitrogens with zero attached hydrogens (tertiary/aromatic N) is 1. The van der Waals surface area contributed by atoms with Gasteiger partial charge in [-0.15, -0.1) is 0 Å². The zero-order valence-electron chi connectivity index (χ0n) is 10.0. The second-order valence-corrected chi connectivity index (χ2v) is 4.42. The molecule has 2 N–H and O–H groups in total. The van der Waals surface area contributed by atoms with E-state index in [4.69, 9.17) is 15.7 Å². The minimum absolute atomic E-state index is 0.134. The van der Waals surface area contributed by atoms with Crippen LogP contribution in [-0.4, -0.2) is 6.10 Å². The summed E-state index contributed by atoms with van der Waals surface area (Å²) in [6.07, 6.45) is 1.12. The molecule has 0 aromatic heterocycles. The molecule has 1 aromatic rings. The zero-order valence-corrected chi connectivity index (χ0v) is 10.0. The Labute approximate surface area is 96.8 Å². The number of nitrogens with two attached hydrogens (primary N) is 1. The Hall–Kier alpha value is -1.69. The fourth-order valence-electron chi connectivity index (χ4n) is 1.65. The number of hydrogen-bond acceptors (Lipinski definition) is 3. The third kappa shape index (κ3) is 3.47. The Morgan fingerprint density at radius 1 is 1.38 bits per heavy atom. The predicted molar refractivity (Wildman–Crippen MR) is 65.1 cm³/mol. The fourth-order valence-corrected chi connectivity index (χ4v) is 1.65. The van der Waals surface area contributed by atoms with Gasteiger partial charge in [0.15, 0.2) is 0 Å². The summed E-state index contributed by atoms with van der Waals surface area (Å²) in [6, 6.07) is 7.15. The monoisotopic (exact) mass is 218 g/mol. The Bertz CT molecular complexity index is 393. The summed E-state index contributed by atoms with van der Waals surface area (Å²) in [6.45, 7) is 6.33. The Kier molecular flexibility index (Phi) is 4.19. The van der Waals surface area contributed by atoms with Gasteiger partial charge in [0, 0.05) is 0 Å². The molecule has 1 aromatic carbocycles. The van der Waals surface area contributed by atoms with Crippen LogP contribution in [0.4, 0.5) is 5.69 Å². The van der Waals surface area contributed by atoms with E-state index >= 15 is 0 Å². The maximum absolute atomic E-state index is 8.71. The van der Waals surface area contributed by atoms with Crippen molar-refractivity contribution in [2.75, 3.05) is 5.73 Å². The van der Waals surface area contributed by atoms with Gasteiger partial charge in [0.25, 0.3) is 0 Å². The standard InChI is InChI=1S/C13H18N2O/c1-9(2)6-10(3)16-13-5-4-11(8-14)7-12(13)15/h4-5,7,9-10H,6,15H2,1-3H3. The van der Waals surface area contributed by atoms with Crippen LogP contribution in [0.15, 0.2) is 18.2 Å². The number of anilines is 1. The molecule has 0 radical (unpaired) electrons. The lowest BCUT2D eigenvalue weighted by molar-refractivity contribution is 0.194. The first-order chi connectivity index (χ1) is 7.52. The molecular weight excluding hydrogens is 200 g/mol. The molecule has 0 aliphatic carbocycles. The van der Waals surface area contributed by atoms with Crippen LogP contribution < -0.4 is 10.5 Å². The van der Waals surface area contributed by atoms with Crippen LogP contribution in [0, 0.1) is 17.2 Å². The molecule has 1 rings (SSSR count). The minimum atomic E-state index is 0.134. The van der Waals surface area contributed by atoms with Crippen LogP contribution in [0.5, 0.6) is 5.75 Å². The van der Waals surface area contributed by atoms with Crippen LogP contribution >= 0.6 is 0 Å². The van der Waals surface area contributed by atoms with Gasteiger partial charge in [-0.3, -0.25) is 0 Å². The first kappa shape index (κ1) is 12.4. The molecule has 0 heterocycles. The summed E-state index contributed by atoms with van der Waals surface area (Å²) in [5, 5.41) is 8.71. The molecule has 0 aliphatic rings. The highest BCUT2D eigenvalue weighted by molar-refractivity contribution is 5.56. The van der Waals surface area contributed by atoms with Gasteiger partial charge >= 0.3 is 0 Å². The van der Waals surface area contributed by atoms with Gasteiger partial charge in [0.1, 0.15) is 5.75 Å². The van der Waals surface area contributed by atoms with E-state index in [2.05, 4.69) is 13.8 Å². The fraction of sp³-hybridized carbons (Fsp3) is 0.462. The third-order valence-electron chi connectivity index (χ3n) is 2.27. The molecule has 0 aliphatic heterocycles. The molecule has 0 fully saturated rings. The van der Waals surface area contributed by atoms with Crippen molar-refractivity contribution in [3.8, 4) is 11.8 Å². The van der Waals surface area contributed by atoms with Crippen molar-refractivity contribution in [1.29, 1.82) is 5.26 Å². The highest BCUT2D eigenvalue weighted by Crippen LogP contribution is 2.24. The van der Waals surface area contributed by atoms with E-state index in [1.54, 1.807) is 18.2 Å². The molecule has 0 spiro atoms. The lowest BCUT2D eigenvalue weighted by Gasteiger charge is -2.17. The summed E-state index contributed by atoms with van der Waals surface area (Å²) < 4.78 is 5.72. The van der Waals surface area contributed by atoms with Gasteiger partial charge in [0.2, 0.25) is 0 Å². The van der Waals surface area contributed by atoms with Crippen LogP contribution in [-0.2, 0) is 0 Å². The molecule has 3 nitrogen and oxygen atoms in total. The maximum Gasteiger partial charge on any atom is 0.142 e. The van der Waals surface area contributed by atoms with Crippen molar-refractivity contribution >= 4 is 5.69 Å². The molecule has 86 valence electrons. The molecule has 0 amide bonds. The Balaban J connectivity index is 2.71. The molecular formula is C13H18N2O. The number of benzene rings is 1. The second-order valence-electron chi connectivity index (χ2n) is 4.42. The van der Waals surface area contributed by atoms with Crippen LogP contribution in [0.25, 0.3) is 0 Å². The first-order valence-electron chi connectivity index (χ1n) is 5.49. The first-order valence-corrected chi connectivity index (χ1v) is 5.49. The highest BCUT2D eigenvalue weighted by atomic mass is 16.5. The SMILES string of the molecule is CC(C)CC(C)Oc1ccc(C#N)cc1N. The van der Waals surface area contributed by atoms with Crippen LogP contribution in [0.2, 0.25) is 0 Å². The highest BCUT2D eigenvalue weighted by Gasteiger charge is 2.09. The topological polar surface area (TPSA) is 59.0 Å². The van der Waals surface area contributed by atoms with Gasteiger partial charge < -0.3 is 10.5 Å². The summed E-state index contributed by atoms with van der Waals surface area (Å²) in [5.74, 6) is 1.25. The van der Waals surface area contributed by atoms with Crippen LogP contribution in [0.1, 0.15) is 32.8 Å². The summed E-state index contributed by atoms with van der Waals surface area (Å²) >= 11 is 0. The van der Waals surface area contributed by atoms with E-state index in [1.165, 1.54) is 0 Å². The van der Waals surface area contributed by atoms with E-state index in [0.29, 0.717) is 22.9 Å². The molecule has 16 heavy (non-hydrogen) atoms. The van der Waals surface area contributed by atoms with Gasteiger partial charge in [-0.05, 0) is 37.5 Å². The van der Waals surface area contributed by atoms with Crippen molar-refractivity contribution in [3.63, 3.8) is 0 Å². The van der Waals surface area contributed by atoms with E-state index < -0.39 is 0 Å². The lowest BCUT2D eigenvalue weighted by atomic mass is 10.1. The van der Waals surface area contributed by atoms with E-state index in [0.717, 1.165) is 6.42 Å². The second kappa shape index (κ2) is 5.41. The van der Waals surface area contributed by atoms with Gasteiger partial charge in [-0.1, -0.05) is 13.8 Å². The normalized spacial score (nSPS) is 12.2. The van der Waals surface area contributed by atoms with Gasteiger partial charge in [0.05, 0.1) is 23.4 Å². The zero-order chi connectivity index (χ0) is 12.1. The van der Waals surface area contributed by atoms with E-state index in [9.17, 15) is 0 Å². The molecule has 0 bridgehead atoms. The molecule has 0 saturated carbocycles. The van der Waals surface area contributed by atoms with E-state index in [1.807, 2.05) is 13.0 Å². The Morgan fingerprint density at radius 2 is 2.06 bits per heavy atom. The van der Waals surface area contributed by atoms with Crippen molar-refractivity contribution < 1.29 is 4.74 Å². The quantitative estimate of drug-likeness (QED) is 0.790. The van der Waals surface area contributed by atoms with Gasteiger partial charge in [-0.2, -0.15) is 5.26 Å². The third-order valence-corrected chi connectivity index (χ3v) is 2.27. The molecule has 1 unspecified atom stereocenters. The summed E-state index contributed by atoms with van der Waals surface area (Å²) in [5.41, 5.74) is 6.88. The number of nitriles is 1. The summed E-state index contributed by atoms with van der Waals surface area (Å²) in [7, 11) is 0. The lowest BCUT2D eigenvalue weighted by Crippen LogP contribution is -2.15. The number of hydrogen-bond donors (Lipinski definition) is 1. The number of rotatable bonds is 4. The minimum Gasteiger partial charge on any atom is -0.489 e. The maximum atomic E-state index is 8.71. The number of ether oxygens (including phenoxy) is 1. The summed E-state index contributed by atoms with van der Waals surface area (Å²) in [4.78, 5) is 0. The Morgan fingerprint density at radius 3 is 2.56 bits per heavy atom.